The number of methoxy groups -OCH3 is 1. The Morgan fingerprint density at radius 2 is 1.71 bits per heavy atom. The molecular formula is C30H41NO3. The minimum absolute atomic E-state index is 0.0178. The monoisotopic (exact) mass is 463 g/mol. The number of hydrogen-bond donors (Lipinski definition) is 0. The predicted octanol–water partition coefficient (Wildman–Crippen LogP) is 6.45. The van der Waals surface area contributed by atoms with E-state index >= 15 is 0 Å². The van der Waals surface area contributed by atoms with Crippen molar-refractivity contribution in [1.82, 2.24) is 4.90 Å². The van der Waals surface area contributed by atoms with Crippen molar-refractivity contribution in [1.29, 1.82) is 0 Å². The van der Waals surface area contributed by atoms with E-state index in [4.69, 9.17) is 9.47 Å². The zero-order chi connectivity index (χ0) is 23.9. The van der Waals surface area contributed by atoms with Crippen LogP contribution in [-0.2, 0) is 16.1 Å². The fourth-order valence-corrected chi connectivity index (χ4v) is 6.87. The Balaban J connectivity index is 1.20. The minimum Gasteiger partial charge on any atom is -0.490 e. The van der Waals surface area contributed by atoms with Crippen molar-refractivity contribution in [2.75, 3.05) is 20.2 Å². The van der Waals surface area contributed by atoms with Gasteiger partial charge in [-0.3, -0.25) is 9.69 Å². The lowest BCUT2D eigenvalue weighted by Gasteiger charge is -2.37. The molecule has 1 heterocycles. The summed E-state index contributed by atoms with van der Waals surface area (Å²) in [6.07, 6.45) is 7.16. The molecule has 4 heteroatoms. The van der Waals surface area contributed by atoms with Crippen molar-refractivity contribution in [3.63, 3.8) is 0 Å². The first-order chi connectivity index (χ1) is 16.3. The van der Waals surface area contributed by atoms with Gasteiger partial charge in [-0.15, -0.1) is 0 Å². The second-order valence-electron chi connectivity index (χ2n) is 12.2. The Morgan fingerprint density at radius 1 is 1.00 bits per heavy atom. The Bertz CT molecular complexity index is 1000. The number of benzene rings is 2. The smallest absolute Gasteiger partial charge is 0.308 e. The van der Waals surface area contributed by atoms with E-state index in [0.717, 1.165) is 57.0 Å². The molecule has 34 heavy (non-hydrogen) atoms. The largest absolute Gasteiger partial charge is 0.490 e. The summed E-state index contributed by atoms with van der Waals surface area (Å²) in [7, 11) is 1.51. The Morgan fingerprint density at radius 3 is 2.35 bits per heavy atom. The standard InChI is InChI=1S/C30H41NO3/c1-30(2,3)25-9-11-26(12-10-25)34-28-7-5-6-21-14-20(8-13-27(21)28)17-31-18-23-15-22(29(32)33-4)16-24(23)19-31/h5-8,13-14,22-26H,9-12,15-19H2,1-4H3/t22?,23?,24?,25-,26-. The molecule has 0 bridgehead atoms. The molecule has 5 rings (SSSR count). The highest BCUT2D eigenvalue weighted by atomic mass is 16.5. The van der Waals surface area contributed by atoms with Gasteiger partial charge in [0.05, 0.1) is 19.1 Å². The van der Waals surface area contributed by atoms with E-state index in [1.165, 1.54) is 36.3 Å². The third kappa shape index (κ3) is 4.98. The molecule has 2 saturated carbocycles. The fourth-order valence-electron chi connectivity index (χ4n) is 6.87. The molecule has 0 aromatic heterocycles. The summed E-state index contributed by atoms with van der Waals surface area (Å²) < 4.78 is 11.5. The molecule has 2 unspecified atom stereocenters. The molecule has 0 radical (unpaired) electrons. The van der Waals surface area contributed by atoms with Crippen LogP contribution in [-0.4, -0.2) is 37.2 Å². The molecule has 0 spiro atoms. The van der Waals surface area contributed by atoms with E-state index in [9.17, 15) is 4.79 Å². The van der Waals surface area contributed by atoms with Crippen molar-refractivity contribution in [2.45, 2.75) is 71.9 Å². The highest BCUT2D eigenvalue weighted by molar-refractivity contribution is 5.88. The summed E-state index contributed by atoms with van der Waals surface area (Å²) in [5.41, 5.74) is 1.76. The second kappa shape index (κ2) is 9.53. The number of ether oxygens (including phenoxy) is 2. The Labute approximate surface area is 205 Å². The van der Waals surface area contributed by atoms with Crippen molar-refractivity contribution in [2.24, 2.45) is 29.1 Å². The molecule has 0 amide bonds. The maximum atomic E-state index is 11.9. The van der Waals surface area contributed by atoms with Gasteiger partial charge in [0.15, 0.2) is 0 Å². The van der Waals surface area contributed by atoms with Crippen molar-refractivity contribution >= 4 is 16.7 Å². The highest BCUT2D eigenvalue weighted by Crippen LogP contribution is 2.43. The quantitative estimate of drug-likeness (QED) is 0.477. The molecule has 2 aromatic rings. The van der Waals surface area contributed by atoms with Crippen LogP contribution in [0.4, 0.5) is 0 Å². The lowest BCUT2D eigenvalue weighted by Crippen LogP contribution is -2.30. The van der Waals surface area contributed by atoms with E-state index in [1.807, 2.05) is 0 Å². The van der Waals surface area contributed by atoms with Crippen LogP contribution >= 0.6 is 0 Å². The van der Waals surface area contributed by atoms with Gasteiger partial charge < -0.3 is 9.47 Å². The average molecular weight is 464 g/mol. The van der Waals surface area contributed by atoms with Gasteiger partial charge >= 0.3 is 5.97 Å². The van der Waals surface area contributed by atoms with Crippen LogP contribution in [0, 0.1) is 29.1 Å². The van der Waals surface area contributed by atoms with E-state index < -0.39 is 0 Å². The van der Waals surface area contributed by atoms with E-state index in [2.05, 4.69) is 62.1 Å². The average Bonchev–Trinajstić information content (AvgIpc) is 3.37. The Kier molecular flexibility index (Phi) is 6.63. The van der Waals surface area contributed by atoms with E-state index in [-0.39, 0.29) is 11.9 Å². The van der Waals surface area contributed by atoms with Crippen LogP contribution in [0.5, 0.6) is 5.75 Å². The van der Waals surface area contributed by atoms with Crippen molar-refractivity contribution in [3.8, 4) is 5.75 Å². The maximum Gasteiger partial charge on any atom is 0.308 e. The predicted molar refractivity (Wildman–Crippen MR) is 137 cm³/mol. The van der Waals surface area contributed by atoms with Crippen LogP contribution in [0.2, 0.25) is 0 Å². The molecule has 2 atom stereocenters. The number of nitrogens with zero attached hydrogens (tertiary/aromatic N) is 1. The molecule has 3 aliphatic rings. The first kappa shape index (κ1) is 23.7. The number of fused-ring (bicyclic) bond motifs is 2. The number of carbonyl (C=O) groups excluding carboxylic acids is 1. The zero-order valence-corrected chi connectivity index (χ0v) is 21.4. The molecular weight excluding hydrogens is 422 g/mol. The summed E-state index contributed by atoms with van der Waals surface area (Å²) in [5, 5.41) is 2.49. The van der Waals surface area contributed by atoms with Gasteiger partial charge in [-0.2, -0.15) is 0 Å². The molecule has 184 valence electrons. The van der Waals surface area contributed by atoms with Crippen LogP contribution in [0.25, 0.3) is 10.8 Å². The molecule has 2 aromatic carbocycles. The molecule has 1 saturated heterocycles. The molecule has 3 fully saturated rings. The van der Waals surface area contributed by atoms with Gasteiger partial charge in [-0.25, -0.2) is 0 Å². The minimum atomic E-state index is -0.0178. The van der Waals surface area contributed by atoms with Gasteiger partial charge in [0, 0.05) is 25.0 Å². The van der Waals surface area contributed by atoms with E-state index in [1.54, 1.807) is 0 Å². The van der Waals surface area contributed by atoms with Gasteiger partial charge in [-0.05, 0) is 84.8 Å². The Hall–Kier alpha value is -2.07. The maximum absolute atomic E-state index is 11.9. The first-order valence-corrected chi connectivity index (χ1v) is 13.3. The first-order valence-electron chi connectivity index (χ1n) is 13.3. The van der Waals surface area contributed by atoms with Crippen LogP contribution in [0.15, 0.2) is 36.4 Å². The second-order valence-corrected chi connectivity index (χ2v) is 12.2. The molecule has 2 aliphatic carbocycles. The van der Waals surface area contributed by atoms with Crippen LogP contribution < -0.4 is 4.74 Å². The number of carbonyl (C=O) groups is 1. The van der Waals surface area contributed by atoms with Gasteiger partial charge in [-0.1, -0.05) is 45.0 Å². The number of esters is 1. The molecule has 0 N–H and O–H groups in total. The van der Waals surface area contributed by atoms with Crippen molar-refractivity contribution < 1.29 is 14.3 Å². The van der Waals surface area contributed by atoms with Gasteiger partial charge in [0.25, 0.3) is 0 Å². The van der Waals surface area contributed by atoms with Crippen LogP contribution in [0.1, 0.15) is 64.9 Å². The number of likely N-dealkylation sites (tertiary alicyclic amines) is 1. The third-order valence-electron chi connectivity index (χ3n) is 8.86. The summed E-state index contributed by atoms with van der Waals surface area (Å²) in [4.78, 5) is 14.5. The summed E-state index contributed by atoms with van der Waals surface area (Å²) in [6, 6.07) is 13.3. The van der Waals surface area contributed by atoms with E-state index in [0.29, 0.717) is 23.4 Å². The SMILES string of the molecule is COC(=O)C1CC2CN(Cc3ccc4c(O[C@H]5CC[C@H](C(C)(C)C)CC5)cccc4c3)CC2C1. The number of rotatable bonds is 5. The molecule has 1 aliphatic heterocycles. The topological polar surface area (TPSA) is 38.8 Å². The highest BCUT2D eigenvalue weighted by Gasteiger charge is 2.43. The lowest BCUT2D eigenvalue weighted by molar-refractivity contribution is -0.145. The lowest BCUT2D eigenvalue weighted by atomic mass is 9.72. The van der Waals surface area contributed by atoms with Crippen LogP contribution in [0.3, 0.4) is 0 Å². The third-order valence-corrected chi connectivity index (χ3v) is 8.86. The number of hydrogen-bond acceptors (Lipinski definition) is 4. The summed E-state index contributed by atoms with van der Waals surface area (Å²) in [5.74, 6) is 3.21. The van der Waals surface area contributed by atoms with Crippen molar-refractivity contribution in [3.05, 3.63) is 42.0 Å². The normalized spacial score (nSPS) is 29.8. The summed E-state index contributed by atoms with van der Waals surface area (Å²) >= 11 is 0. The fraction of sp³-hybridized carbons (Fsp3) is 0.633. The summed E-state index contributed by atoms with van der Waals surface area (Å²) in [6.45, 7) is 10.3. The van der Waals surface area contributed by atoms with Gasteiger partial charge in [0.2, 0.25) is 0 Å². The molecule has 4 nitrogen and oxygen atoms in total. The van der Waals surface area contributed by atoms with Gasteiger partial charge in [0.1, 0.15) is 5.75 Å². The zero-order valence-electron chi connectivity index (χ0n) is 21.4.